The van der Waals surface area contributed by atoms with Crippen molar-refractivity contribution in [1.29, 1.82) is 0 Å². The molecule has 4 rings (SSSR count). The molecule has 5 nitrogen and oxygen atoms in total. The summed E-state index contributed by atoms with van der Waals surface area (Å²) in [4.78, 5) is 4.76. The van der Waals surface area contributed by atoms with Crippen molar-refractivity contribution in [3.63, 3.8) is 0 Å². The van der Waals surface area contributed by atoms with Gasteiger partial charge in [0.25, 0.3) is 0 Å². The second kappa shape index (κ2) is 5.08. The normalized spacial score (nSPS) is 14.9. The SMILES string of the molecule is Cn1c(Cn2c(C3CC3)nc3cc(Cl)c(Cl)cc32)n[nH]c1=S. The molecule has 0 amide bonds. The Morgan fingerprint density at radius 2 is 2.05 bits per heavy atom. The molecule has 3 aromatic rings. The lowest BCUT2D eigenvalue weighted by Crippen LogP contribution is -2.09. The number of aromatic amines is 1. The molecule has 1 fully saturated rings. The Labute approximate surface area is 141 Å². The molecular formula is C14H13Cl2N5S. The Morgan fingerprint density at radius 1 is 1.32 bits per heavy atom. The van der Waals surface area contributed by atoms with Gasteiger partial charge < -0.3 is 9.13 Å². The number of rotatable bonds is 3. The molecule has 0 atom stereocenters. The van der Waals surface area contributed by atoms with Gasteiger partial charge in [0.2, 0.25) is 0 Å². The van der Waals surface area contributed by atoms with Gasteiger partial charge in [-0.3, -0.25) is 5.10 Å². The Hall–Kier alpha value is -1.37. The van der Waals surface area contributed by atoms with Crippen LogP contribution in [0.15, 0.2) is 12.1 Å². The summed E-state index contributed by atoms with van der Waals surface area (Å²) in [5, 5.41) is 8.18. The zero-order valence-electron chi connectivity index (χ0n) is 11.8. The second-order valence-corrected chi connectivity index (χ2v) is 6.79. The van der Waals surface area contributed by atoms with E-state index >= 15 is 0 Å². The van der Waals surface area contributed by atoms with Crippen molar-refractivity contribution >= 4 is 46.5 Å². The fourth-order valence-corrected chi connectivity index (χ4v) is 3.09. The minimum atomic E-state index is 0.511. The van der Waals surface area contributed by atoms with Gasteiger partial charge in [-0.25, -0.2) is 4.98 Å². The number of fused-ring (bicyclic) bond motifs is 1. The summed E-state index contributed by atoms with van der Waals surface area (Å²) in [6.07, 6.45) is 2.34. The summed E-state index contributed by atoms with van der Waals surface area (Å²) in [6.45, 7) is 0.601. The monoisotopic (exact) mass is 353 g/mol. The van der Waals surface area contributed by atoms with Crippen molar-refractivity contribution < 1.29 is 0 Å². The Kier molecular flexibility index (Phi) is 3.29. The highest BCUT2D eigenvalue weighted by atomic mass is 35.5. The topological polar surface area (TPSA) is 51.4 Å². The first-order valence-electron chi connectivity index (χ1n) is 7.00. The predicted molar refractivity (Wildman–Crippen MR) is 89.2 cm³/mol. The number of nitrogens with zero attached hydrogens (tertiary/aromatic N) is 4. The standard InChI is InChI=1S/C14H13Cl2N5S/c1-20-12(18-19-14(20)22)6-21-11-5-9(16)8(15)4-10(11)17-13(21)7-2-3-7/h4-5,7H,2-3,6H2,1H3,(H,19,22). The van der Waals surface area contributed by atoms with Gasteiger partial charge in [-0.05, 0) is 37.2 Å². The van der Waals surface area contributed by atoms with Crippen LogP contribution in [0.5, 0.6) is 0 Å². The zero-order valence-corrected chi connectivity index (χ0v) is 14.1. The van der Waals surface area contributed by atoms with Crippen LogP contribution in [-0.4, -0.2) is 24.3 Å². The van der Waals surface area contributed by atoms with E-state index in [1.165, 1.54) is 12.8 Å². The highest BCUT2D eigenvalue weighted by Gasteiger charge is 2.30. The zero-order chi connectivity index (χ0) is 15.4. The third-order valence-corrected chi connectivity index (χ3v) is 5.12. The van der Waals surface area contributed by atoms with Gasteiger partial charge in [0, 0.05) is 13.0 Å². The molecule has 1 aliphatic rings. The molecule has 2 heterocycles. The number of nitrogens with one attached hydrogen (secondary N) is 1. The fourth-order valence-electron chi connectivity index (χ4n) is 2.62. The van der Waals surface area contributed by atoms with Crippen LogP contribution in [0.25, 0.3) is 11.0 Å². The molecule has 114 valence electrons. The highest BCUT2D eigenvalue weighted by molar-refractivity contribution is 7.71. The second-order valence-electron chi connectivity index (χ2n) is 5.59. The van der Waals surface area contributed by atoms with Crippen molar-refractivity contribution in [2.75, 3.05) is 0 Å². The van der Waals surface area contributed by atoms with E-state index in [4.69, 9.17) is 40.4 Å². The number of H-pyrrole nitrogens is 1. The van der Waals surface area contributed by atoms with Crippen LogP contribution in [0, 0.1) is 4.77 Å². The lowest BCUT2D eigenvalue weighted by molar-refractivity contribution is 0.675. The molecule has 1 saturated carbocycles. The van der Waals surface area contributed by atoms with Crippen LogP contribution < -0.4 is 0 Å². The first-order chi connectivity index (χ1) is 10.5. The third kappa shape index (κ3) is 2.26. The number of benzene rings is 1. The minimum absolute atomic E-state index is 0.511. The van der Waals surface area contributed by atoms with Gasteiger partial charge in [0.15, 0.2) is 10.6 Å². The van der Waals surface area contributed by atoms with Crippen LogP contribution in [0.1, 0.15) is 30.4 Å². The lowest BCUT2D eigenvalue weighted by Gasteiger charge is -2.08. The molecule has 0 saturated heterocycles. The predicted octanol–water partition coefficient (Wildman–Crippen LogP) is 4.06. The number of halogens is 2. The van der Waals surface area contributed by atoms with Crippen LogP contribution in [0.2, 0.25) is 10.0 Å². The molecule has 0 bridgehead atoms. The molecule has 0 unspecified atom stereocenters. The Balaban J connectivity index is 1.90. The van der Waals surface area contributed by atoms with Gasteiger partial charge in [-0.1, -0.05) is 23.2 Å². The molecule has 2 aromatic heterocycles. The average molecular weight is 354 g/mol. The van der Waals surface area contributed by atoms with Gasteiger partial charge in [-0.2, -0.15) is 5.10 Å². The molecule has 22 heavy (non-hydrogen) atoms. The number of hydrogen-bond donors (Lipinski definition) is 1. The summed E-state index contributed by atoms with van der Waals surface area (Å²) in [5.74, 6) is 2.44. The summed E-state index contributed by atoms with van der Waals surface area (Å²) in [7, 11) is 1.90. The Morgan fingerprint density at radius 3 is 2.68 bits per heavy atom. The summed E-state index contributed by atoms with van der Waals surface area (Å²) in [6, 6.07) is 3.70. The molecule has 0 radical (unpaired) electrons. The van der Waals surface area contributed by atoms with Gasteiger partial charge in [0.05, 0.1) is 27.6 Å². The first-order valence-corrected chi connectivity index (χ1v) is 8.16. The largest absolute Gasteiger partial charge is 0.320 e. The van der Waals surface area contributed by atoms with E-state index in [9.17, 15) is 0 Å². The maximum atomic E-state index is 6.19. The quantitative estimate of drug-likeness (QED) is 0.722. The summed E-state index contributed by atoms with van der Waals surface area (Å²) >= 11 is 17.5. The molecule has 0 aliphatic heterocycles. The number of hydrogen-bond acceptors (Lipinski definition) is 3. The van der Waals surface area contributed by atoms with Crippen LogP contribution in [0.4, 0.5) is 0 Å². The van der Waals surface area contributed by atoms with E-state index in [0.29, 0.717) is 27.3 Å². The van der Waals surface area contributed by atoms with Gasteiger partial charge >= 0.3 is 0 Å². The van der Waals surface area contributed by atoms with Crippen molar-refractivity contribution in [1.82, 2.24) is 24.3 Å². The molecule has 0 spiro atoms. The fraction of sp³-hybridized carbons (Fsp3) is 0.357. The van der Waals surface area contributed by atoms with E-state index in [1.807, 2.05) is 23.7 Å². The van der Waals surface area contributed by atoms with E-state index in [1.54, 1.807) is 0 Å². The van der Waals surface area contributed by atoms with Crippen LogP contribution >= 0.6 is 35.4 Å². The van der Waals surface area contributed by atoms with Crippen molar-refractivity contribution in [3.05, 3.63) is 38.6 Å². The average Bonchev–Trinajstić information content (AvgIpc) is 3.22. The Bertz CT molecular complexity index is 935. The van der Waals surface area contributed by atoms with Crippen LogP contribution in [-0.2, 0) is 13.6 Å². The van der Waals surface area contributed by atoms with E-state index in [0.717, 1.165) is 22.7 Å². The van der Waals surface area contributed by atoms with E-state index in [2.05, 4.69) is 14.8 Å². The first kappa shape index (κ1) is 14.2. The van der Waals surface area contributed by atoms with Crippen molar-refractivity contribution in [2.24, 2.45) is 7.05 Å². The maximum Gasteiger partial charge on any atom is 0.194 e. The highest BCUT2D eigenvalue weighted by Crippen LogP contribution is 2.41. The van der Waals surface area contributed by atoms with E-state index < -0.39 is 0 Å². The van der Waals surface area contributed by atoms with Gasteiger partial charge in [-0.15, -0.1) is 0 Å². The molecule has 1 N–H and O–H groups in total. The summed E-state index contributed by atoms with van der Waals surface area (Å²) < 4.78 is 4.64. The smallest absolute Gasteiger partial charge is 0.194 e. The number of aromatic nitrogens is 5. The minimum Gasteiger partial charge on any atom is -0.320 e. The molecule has 1 aromatic carbocycles. The maximum absolute atomic E-state index is 6.19. The lowest BCUT2D eigenvalue weighted by atomic mass is 10.3. The van der Waals surface area contributed by atoms with E-state index in [-0.39, 0.29) is 0 Å². The molecule has 8 heteroatoms. The van der Waals surface area contributed by atoms with Crippen molar-refractivity contribution in [2.45, 2.75) is 25.3 Å². The third-order valence-electron chi connectivity index (χ3n) is 4.03. The molecular weight excluding hydrogens is 341 g/mol. The molecule has 1 aliphatic carbocycles. The van der Waals surface area contributed by atoms with Gasteiger partial charge in [0.1, 0.15) is 5.82 Å². The number of imidazole rings is 1. The summed E-state index contributed by atoms with van der Waals surface area (Å²) in [5.41, 5.74) is 1.85. The van der Waals surface area contributed by atoms with Crippen molar-refractivity contribution in [3.8, 4) is 0 Å². The van der Waals surface area contributed by atoms with Crippen LogP contribution in [0.3, 0.4) is 0 Å².